The number of thioether (sulfide) groups is 1. The predicted octanol–water partition coefficient (Wildman–Crippen LogP) is 6.24. The number of pyridine rings is 1. The van der Waals surface area contributed by atoms with E-state index in [1.807, 2.05) is 72.4 Å². The third-order valence-electron chi connectivity index (χ3n) is 7.66. The van der Waals surface area contributed by atoms with Gasteiger partial charge in [-0.2, -0.15) is 0 Å². The van der Waals surface area contributed by atoms with E-state index in [0.29, 0.717) is 18.5 Å². The summed E-state index contributed by atoms with van der Waals surface area (Å²) in [6.07, 6.45) is 6.91. The SMILES string of the molecule is Cn1ccnc1SC[C@H]1C[C@@H](c2ccc(CO)cc2)O[C@@H](c2ccc(-c3ccccc3CNC(=O)c3cccnc3)cc2)O1. The van der Waals surface area contributed by atoms with E-state index >= 15 is 0 Å². The van der Waals surface area contributed by atoms with Crippen LogP contribution in [-0.4, -0.2) is 37.4 Å². The Hall–Kier alpha value is -4.28. The molecular weight excluding hydrogens is 572 g/mol. The summed E-state index contributed by atoms with van der Waals surface area (Å²) in [7, 11) is 1.99. The Morgan fingerprint density at radius 1 is 0.977 bits per heavy atom. The molecule has 2 aromatic heterocycles. The van der Waals surface area contributed by atoms with Gasteiger partial charge in [0.15, 0.2) is 11.4 Å². The molecule has 0 unspecified atom stereocenters. The molecule has 2 N–H and O–H groups in total. The van der Waals surface area contributed by atoms with Crippen LogP contribution in [0.1, 0.15) is 51.4 Å². The molecule has 0 spiro atoms. The molecule has 3 aromatic carbocycles. The van der Waals surface area contributed by atoms with Crippen molar-refractivity contribution in [1.82, 2.24) is 19.9 Å². The van der Waals surface area contributed by atoms with Crippen molar-refractivity contribution >= 4 is 17.7 Å². The summed E-state index contributed by atoms with van der Waals surface area (Å²) in [4.78, 5) is 21.1. The Balaban J connectivity index is 1.19. The van der Waals surface area contributed by atoms with Gasteiger partial charge in [0, 0.05) is 56.1 Å². The highest BCUT2D eigenvalue weighted by Gasteiger charge is 2.32. The molecule has 1 aliphatic heterocycles. The first-order chi connectivity index (χ1) is 21.6. The monoisotopic (exact) mass is 606 g/mol. The summed E-state index contributed by atoms with van der Waals surface area (Å²) in [6, 6.07) is 27.7. The molecule has 1 amide bonds. The highest BCUT2D eigenvalue weighted by molar-refractivity contribution is 7.99. The fraction of sp³-hybridized carbons (Fsp3) is 0.229. The summed E-state index contributed by atoms with van der Waals surface area (Å²) in [6.45, 7) is 0.402. The zero-order valence-corrected chi connectivity index (χ0v) is 25.2. The van der Waals surface area contributed by atoms with Crippen LogP contribution < -0.4 is 5.32 Å². The van der Waals surface area contributed by atoms with Gasteiger partial charge >= 0.3 is 0 Å². The number of nitrogens with zero attached hydrogens (tertiary/aromatic N) is 3. The molecule has 1 saturated heterocycles. The van der Waals surface area contributed by atoms with Gasteiger partial charge in [0.1, 0.15) is 0 Å². The smallest absolute Gasteiger partial charge is 0.253 e. The van der Waals surface area contributed by atoms with E-state index in [2.05, 4.69) is 33.5 Å². The normalized spacial score (nSPS) is 18.2. The molecule has 0 aliphatic carbocycles. The van der Waals surface area contributed by atoms with Crippen molar-refractivity contribution in [3.05, 3.63) is 138 Å². The maximum Gasteiger partial charge on any atom is 0.253 e. The van der Waals surface area contributed by atoms with Gasteiger partial charge in [-0.15, -0.1) is 0 Å². The van der Waals surface area contributed by atoms with E-state index in [1.165, 1.54) is 0 Å². The zero-order chi connectivity index (χ0) is 30.3. The number of imidazole rings is 1. The lowest BCUT2D eigenvalue weighted by molar-refractivity contribution is -0.245. The van der Waals surface area contributed by atoms with Crippen LogP contribution in [0.5, 0.6) is 0 Å². The van der Waals surface area contributed by atoms with Crippen LogP contribution in [-0.2, 0) is 29.7 Å². The van der Waals surface area contributed by atoms with E-state index in [-0.39, 0.29) is 24.7 Å². The maximum atomic E-state index is 12.6. The Labute approximate surface area is 261 Å². The van der Waals surface area contributed by atoms with Crippen molar-refractivity contribution in [1.29, 1.82) is 0 Å². The van der Waals surface area contributed by atoms with Crippen LogP contribution in [0, 0.1) is 0 Å². The van der Waals surface area contributed by atoms with Crippen LogP contribution in [0.2, 0.25) is 0 Å². The number of aryl methyl sites for hydroxylation is 1. The van der Waals surface area contributed by atoms with Gasteiger partial charge in [-0.25, -0.2) is 4.98 Å². The predicted molar refractivity (Wildman–Crippen MR) is 170 cm³/mol. The van der Waals surface area contributed by atoms with E-state index in [9.17, 15) is 9.90 Å². The van der Waals surface area contributed by atoms with Crippen molar-refractivity contribution in [2.45, 2.75) is 43.2 Å². The summed E-state index contributed by atoms with van der Waals surface area (Å²) < 4.78 is 15.1. The fourth-order valence-corrected chi connectivity index (χ4v) is 6.18. The molecule has 0 bridgehead atoms. The minimum Gasteiger partial charge on any atom is -0.392 e. The third-order valence-corrected chi connectivity index (χ3v) is 8.85. The molecule has 3 atom stereocenters. The number of hydrogen-bond acceptors (Lipinski definition) is 7. The van der Waals surface area contributed by atoms with Crippen molar-refractivity contribution in [2.75, 3.05) is 5.75 Å². The average molecular weight is 607 g/mol. The number of ether oxygens (including phenoxy) is 2. The number of amides is 1. The number of hydrogen-bond donors (Lipinski definition) is 2. The average Bonchev–Trinajstić information content (AvgIpc) is 3.51. The van der Waals surface area contributed by atoms with E-state index in [1.54, 1.807) is 42.5 Å². The maximum absolute atomic E-state index is 12.6. The standard InChI is InChI=1S/C35H34N4O4S/c1-39-18-17-37-35(39)44-23-30-19-32(26-10-8-24(22-40)9-11-26)43-34(42-30)27-14-12-25(13-15-27)31-7-3-2-5-28(31)21-38-33(41)29-6-4-16-36-20-29/h2-18,20,30,32,34,40H,19,21-23H2,1H3,(H,38,41)/t30-,32+,34+/m1/s1. The first-order valence-corrected chi connectivity index (χ1v) is 15.5. The quantitative estimate of drug-likeness (QED) is 0.182. The number of carbonyl (C=O) groups excluding carboxylic acids is 1. The molecule has 44 heavy (non-hydrogen) atoms. The first kappa shape index (κ1) is 29.8. The highest BCUT2D eigenvalue weighted by atomic mass is 32.2. The molecule has 8 nitrogen and oxygen atoms in total. The summed E-state index contributed by atoms with van der Waals surface area (Å²) >= 11 is 1.67. The van der Waals surface area contributed by atoms with Crippen LogP contribution >= 0.6 is 11.8 Å². The van der Waals surface area contributed by atoms with Gasteiger partial charge in [-0.1, -0.05) is 84.6 Å². The van der Waals surface area contributed by atoms with Crippen molar-refractivity contribution in [3.8, 4) is 11.1 Å². The van der Waals surface area contributed by atoms with Gasteiger partial charge < -0.3 is 24.5 Å². The van der Waals surface area contributed by atoms with Gasteiger partial charge in [0.2, 0.25) is 0 Å². The summed E-state index contributed by atoms with van der Waals surface area (Å²) in [5.74, 6) is 0.581. The molecule has 1 fully saturated rings. The lowest BCUT2D eigenvalue weighted by atomic mass is 9.97. The van der Waals surface area contributed by atoms with E-state index in [4.69, 9.17) is 9.47 Å². The molecule has 9 heteroatoms. The van der Waals surface area contributed by atoms with Crippen LogP contribution in [0.4, 0.5) is 0 Å². The molecule has 1 aliphatic rings. The van der Waals surface area contributed by atoms with Crippen LogP contribution in [0.25, 0.3) is 11.1 Å². The number of aromatic nitrogens is 3. The fourth-order valence-electron chi connectivity index (χ4n) is 5.23. The minimum absolute atomic E-state index is 0.00677. The Bertz CT molecular complexity index is 1680. The molecule has 6 rings (SSSR count). The second-order valence-electron chi connectivity index (χ2n) is 10.7. The molecule has 0 radical (unpaired) electrons. The van der Waals surface area contributed by atoms with Gasteiger partial charge in [-0.3, -0.25) is 9.78 Å². The molecule has 3 heterocycles. The second kappa shape index (κ2) is 14.0. The van der Waals surface area contributed by atoms with Gasteiger partial charge in [0.05, 0.1) is 24.4 Å². The van der Waals surface area contributed by atoms with Crippen molar-refractivity contribution in [3.63, 3.8) is 0 Å². The number of nitrogens with one attached hydrogen (secondary N) is 1. The lowest BCUT2D eigenvalue weighted by Crippen LogP contribution is -2.31. The van der Waals surface area contributed by atoms with Crippen molar-refractivity contribution in [2.24, 2.45) is 7.05 Å². The van der Waals surface area contributed by atoms with Crippen LogP contribution in [0.15, 0.2) is 115 Å². The third kappa shape index (κ3) is 7.09. The number of rotatable bonds is 10. The van der Waals surface area contributed by atoms with Gasteiger partial charge in [0.25, 0.3) is 5.91 Å². The van der Waals surface area contributed by atoms with E-state index in [0.717, 1.165) is 44.3 Å². The number of aliphatic hydroxyl groups is 1. The summed E-state index contributed by atoms with van der Waals surface area (Å²) in [5, 5.41) is 13.4. The Morgan fingerprint density at radius 2 is 1.77 bits per heavy atom. The molecule has 0 saturated carbocycles. The van der Waals surface area contributed by atoms with E-state index < -0.39 is 6.29 Å². The number of benzene rings is 3. The Kier molecular flexibility index (Phi) is 9.48. The van der Waals surface area contributed by atoms with Crippen LogP contribution in [0.3, 0.4) is 0 Å². The lowest BCUT2D eigenvalue weighted by Gasteiger charge is -2.36. The molecule has 5 aromatic rings. The Morgan fingerprint density at radius 3 is 2.50 bits per heavy atom. The topological polar surface area (TPSA) is 98.5 Å². The van der Waals surface area contributed by atoms with Crippen molar-refractivity contribution < 1.29 is 19.4 Å². The number of aliphatic hydroxyl groups excluding tert-OH is 1. The zero-order valence-electron chi connectivity index (χ0n) is 24.4. The molecule has 224 valence electrons. The minimum atomic E-state index is -0.540. The van der Waals surface area contributed by atoms with Gasteiger partial charge in [-0.05, 0) is 39.9 Å². The molecular formula is C35H34N4O4S. The second-order valence-corrected chi connectivity index (χ2v) is 11.7. The summed E-state index contributed by atoms with van der Waals surface area (Å²) in [5.41, 5.74) is 6.48. The highest BCUT2D eigenvalue weighted by Crippen LogP contribution is 2.40. The largest absolute Gasteiger partial charge is 0.392 e. The first-order valence-electron chi connectivity index (χ1n) is 14.5. The number of carbonyl (C=O) groups is 1.